The van der Waals surface area contributed by atoms with Crippen LogP contribution in [0.5, 0.6) is 0 Å². The maximum Gasteiger partial charge on any atom is 0.310 e. The number of hydrogen-bond donors (Lipinski definition) is 2. The number of carbonyl (C=O) groups is 1. The second kappa shape index (κ2) is 6.01. The van der Waals surface area contributed by atoms with Crippen LogP contribution in [0.25, 0.3) is 0 Å². The molecule has 0 aromatic heterocycles. The molecule has 0 aliphatic heterocycles. The SMILES string of the molecule is CC(C(=O)O)c1ccc(CNCC2CCC2)cc1. The van der Waals surface area contributed by atoms with Crippen molar-refractivity contribution in [3.8, 4) is 0 Å². The lowest BCUT2D eigenvalue weighted by Gasteiger charge is -2.25. The van der Waals surface area contributed by atoms with Crippen LogP contribution in [0.3, 0.4) is 0 Å². The fourth-order valence-electron chi connectivity index (χ4n) is 2.18. The van der Waals surface area contributed by atoms with Crippen LogP contribution in [0.1, 0.15) is 43.2 Å². The van der Waals surface area contributed by atoms with Crippen LogP contribution in [0.15, 0.2) is 24.3 Å². The summed E-state index contributed by atoms with van der Waals surface area (Å²) in [5.41, 5.74) is 2.08. The van der Waals surface area contributed by atoms with Crippen molar-refractivity contribution < 1.29 is 9.90 Å². The fourth-order valence-corrected chi connectivity index (χ4v) is 2.18. The van der Waals surface area contributed by atoms with Gasteiger partial charge in [0.15, 0.2) is 0 Å². The molecular weight excluding hydrogens is 226 g/mol. The van der Waals surface area contributed by atoms with E-state index < -0.39 is 11.9 Å². The molecule has 18 heavy (non-hydrogen) atoms. The van der Waals surface area contributed by atoms with Gasteiger partial charge in [0.25, 0.3) is 0 Å². The van der Waals surface area contributed by atoms with Gasteiger partial charge in [0.05, 0.1) is 5.92 Å². The first kappa shape index (κ1) is 13.1. The van der Waals surface area contributed by atoms with E-state index in [0.29, 0.717) is 0 Å². The molecule has 0 bridgehead atoms. The van der Waals surface area contributed by atoms with Gasteiger partial charge in [-0.1, -0.05) is 30.7 Å². The third kappa shape index (κ3) is 3.33. The van der Waals surface area contributed by atoms with Gasteiger partial charge >= 0.3 is 5.97 Å². The van der Waals surface area contributed by atoms with Crippen molar-refractivity contribution in [2.24, 2.45) is 5.92 Å². The summed E-state index contributed by atoms with van der Waals surface area (Å²) >= 11 is 0. The molecule has 0 radical (unpaired) electrons. The number of nitrogens with one attached hydrogen (secondary N) is 1. The Bertz CT molecular complexity index is 395. The largest absolute Gasteiger partial charge is 0.481 e. The maximum absolute atomic E-state index is 10.9. The highest BCUT2D eigenvalue weighted by Crippen LogP contribution is 2.25. The van der Waals surface area contributed by atoms with Crippen LogP contribution in [0.2, 0.25) is 0 Å². The van der Waals surface area contributed by atoms with E-state index in [9.17, 15) is 4.79 Å². The fraction of sp³-hybridized carbons (Fsp3) is 0.533. The highest BCUT2D eigenvalue weighted by atomic mass is 16.4. The Morgan fingerprint density at radius 1 is 1.39 bits per heavy atom. The second-order valence-corrected chi connectivity index (χ2v) is 5.23. The summed E-state index contributed by atoms with van der Waals surface area (Å²) in [5, 5.41) is 12.4. The molecule has 98 valence electrons. The van der Waals surface area contributed by atoms with Gasteiger partial charge in [0, 0.05) is 6.54 Å². The van der Waals surface area contributed by atoms with Crippen molar-refractivity contribution >= 4 is 5.97 Å². The molecule has 1 saturated carbocycles. The van der Waals surface area contributed by atoms with Crippen LogP contribution in [0, 0.1) is 5.92 Å². The molecule has 2 rings (SSSR count). The van der Waals surface area contributed by atoms with Crippen LogP contribution < -0.4 is 5.32 Å². The van der Waals surface area contributed by atoms with Gasteiger partial charge in [0.1, 0.15) is 0 Å². The van der Waals surface area contributed by atoms with E-state index in [2.05, 4.69) is 5.32 Å². The van der Waals surface area contributed by atoms with E-state index >= 15 is 0 Å². The van der Waals surface area contributed by atoms with Gasteiger partial charge in [-0.25, -0.2) is 0 Å². The Hall–Kier alpha value is -1.35. The lowest BCUT2D eigenvalue weighted by molar-refractivity contribution is -0.138. The normalized spacial score (nSPS) is 17.2. The van der Waals surface area contributed by atoms with Crippen LogP contribution in [-0.4, -0.2) is 17.6 Å². The van der Waals surface area contributed by atoms with E-state index in [4.69, 9.17) is 5.11 Å². The molecule has 1 aromatic carbocycles. The van der Waals surface area contributed by atoms with Crippen molar-refractivity contribution in [1.29, 1.82) is 0 Å². The predicted molar refractivity (Wildman–Crippen MR) is 71.5 cm³/mol. The third-order valence-electron chi connectivity index (χ3n) is 3.84. The van der Waals surface area contributed by atoms with Crippen molar-refractivity contribution in [3.05, 3.63) is 35.4 Å². The average Bonchev–Trinajstić information content (AvgIpc) is 2.32. The summed E-state index contributed by atoms with van der Waals surface area (Å²) in [7, 11) is 0. The van der Waals surface area contributed by atoms with E-state index in [1.807, 2.05) is 24.3 Å². The Morgan fingerprint density at radius 3 is 2.56 bits per heavy atom. The highest BCUT2D eigenvalue weighted by molar-refractivity contribution is 5.75. The first-order valence-electron chi connectivity index (χ1n) is 6.69. The predicted octanol–water partition coefficient (Wildman–Crippen LogP) is 2.76. The number of carboxylic acid groups (broad SMARTS) is 1. The zero-order valence-electron chi connectivity index (χ0n) is 10.9. The molecule has 2 N–H and O–H groups in total. The van der Waals surface area contributed by atoms with Crippen molar-refractivity contribution in [2.75, 3.05) is 6.54 Å². The van der Waals surface area contributed by atoms with Gasteiger partial charge in [0.2, 0.25) is 0 Å². The number of carboxylic acids is 1. The number of benzene rings is 1. The molecule has 0 spiro atoms. The van der Waals surface area contributed by atoms with Crippen molar-refractivity contribution in [3.63, 3.8) is 0 Å². The van der Waals surface area contributed by atoms with Crippen LogP contribution in [-0.2, 0) is 11.3 Å². The minimum Gasteiger partial charge on any atom is -0.481 e. The van der Waals surface area contributed by atoms with E-state index in [-0.39, 0.29) is 0 Å². The summed E-state index contributed by atoms with van der Waals surface area (Å²) in [6, 6.07) is 7.86. The third-order valence-corrected chi connectivity index (χ3v) is 3.84. The maximum atomic E-state index is 10.9. The number of aliphatic carboxylic acids is 1. The smallest absolute Gasteiger partial charge is 0.310 e. The summed E-state index contributed by atoms with van der Waals surface area (Å²) in [5.74, 6) is -0.329. The molecule has 1 fully saturated rings. The molecule has 1 atom stereocenters. The van der Waals surface area contributed by atoms with E-state index in [0.717, 1.165) is 24.6 Å². The summed E-state index contributed by atoms with van der Waals surface area (Å²) < 4.78 is 0. The van der Waals surface area contributed by atoms with E-state index in [1.165, 1.54) is 24.8 Å². The van der Waals surface area contributed by atoms with Crippen LogP contribution >= 0.6 is 0 Å². The Kier molecular flexibility index (Phi) is 4.37. The van der Waals surface area contributed by atoms with E-state index in [1.54, 1.807) is 6.92 Å². The topological polar surface area (TPSA) is 49.3 Å². The number of hydrogen-bond acceptors (Lipinski definition) is 2. The summed E-state index contributed by atoms with van der Waals surface area (Å²) in [4.78, 5) is 10.9. The lowest BCUT2D eigenvalue weighted by Crippen LogP contribution is -2.26. The van der Waals surface area contributed by atoms with Crippen LogP contribution in [0.4, 0.5) is 0 Å². The van der Waals surface area contributed by atoms with Gasteiger partial charge < -0.3 is 10.4 Å². The monoisotopic (exact) mass is 247 g/mol. The van der Waals surface area contributed by atoms with Crippen molar-refractivity contribution in [2.45, 2.75) is 38.6 Å². The molecule has 1 aromatic rings. The minimum atomic E-state index is -0.772. The molecule has 3 nitrogen and oxygen atoms in total. The first-order valence-corrected chi connectivity index (χ1v) is 6.69. The average molecular weight is 247 g/mol. The van der Waals surface area contributed by atoms with Gasteiger partial charge in [-0.15, -0.1) is 0 Å². The molecule has 1 aliphatic rings. The molecule has 1 unspecified atom stereocenters. The molecule has 1 aliphatic carbocycles. The zero-order chi connectivity index (χ0) is 13.0. The van der Waals surface area contributed by atoms with Gasteiger partial charge in [-0.3, -0.25) is 4.79 Å². The molecule has 0 amide bonds. The first-order chi connectivity index (χ1) is 8.66. The highest BCUT2D eigenvalue weighted by Gasteiger charge is 2.16. The lowest BCUT2D eigenvalue weighted by atomic mass is 9.85. The van der Waals surface area contributed by atoms with Gasteiger partial charge in [-0.2, -0.15) is 0 Å². The van der Waals surface area contributed by atoms with Gasteiger partial charge in [-0.05, 0) is 43.4 Å². The standard InChI is InChI=1S/C15H21NO2/c1-11(15(17)18)14-7-5-13(6-8-14)10-16-9-12-3-2-4-12/h5-8,11-12,16H,2-4,9-10H2,1H3,(H,17,18). The second-order valence-electron chi connectivity index (χ2n) is 5.23. The summed E-state index contributed by atoms with van der Waals surface area (Å²) in [6.07, 6.45) is 4.11. The zero-order valence-corrected chi connectivity index (χ0v) is 10.9. The minimum absolute atomic E-state index is 0.429. The Balaban J connectivity index is 1.81. The summed E-state index contributed by atoms with van der Waals surface area (Å²) in [6.45, 7) is 3.69. The van der Waals surface area contributed by atoms with Crippen molar-refractivity contribution in [1.82, 2.24) is 5.32 Å². The molecule has 0 saturated heterocycles. The Labute approximate surface area is 108 Å². The quantitative estimate of drug-likeness (QED) is 0.812. The Morgan fingerprint density at radius 2 is 2.06 bits per heavy atom. The molecule has 0 heterocycles. The molecular formula is C15H21NO2. The number of rotatable bonds is 6. The molecule has 3 heteroatoms.